The van der Waals surface area contributed by atoms with Crippen LogP contribution >= 0.6 is 11.8 Å². The average Bonchev–Trinajstić information content (AvgIpc) is 2.81. The van der Waals surface area contributed by atoms with Gasteiger partial charge in [-0.15, -0.1) is 11.8 Å². The van der Waals surface area contributed by atoms with Crippen LogP contribution in [0.1, 0.15) is 36.0 Å². The molecule has 0 aliphatic rings. The molecular weight excluding hydrogens is 388 g/mol. The van der Waals surface area contributed by atoms with E-state index in [1.54, 1.807) is 11.8 Å². The van der Waals surface area contributed by atoms with Crippen LogP contribution in [0.3, 0.4) is 0 Å². The van der Waals surface area contributed by atoms with Gasteiger partial charge in [0.1, 0.15) is 0 Å². The molecule has 0 atom stereocenters. The van der Waals surface area contributed by atoms with E-state index in [4.69, 9.17) is 5.73 Å². The molecule has 0 fully saturated rings. The summed E-state index contributed by atoms with van der Waals surface area (Å²) in [4.78, 5) is 12.7. The van der Waals surface area contributed by atoms with E-state index in [1.807, 2.05) is 18.2 Å². The minimum absolute atomic E-state index is 0.0694. The molecule has 0 aliphatic carbocycles. The van der Waals surface area contributed by atoms with Crippen molar-refractivity contribution in [1.82, 2.24) is 5.32 Å². The van der Waals surface area contributed by atoms with Crippen LogP contribution in [0.4, 0.5) is 0 Å². The van der Waals surface area contributed by atoms with Gasteiger partial charge in [0.15, 0.2) is 0 Å². The standard InChI is InChI=1S/C26H30N2OS/c27-19-11-4-12-20-28-25(29)21-30-26(22-13-5-1-6-14-22,23-15-7-2-8-16-23)24-17-9-3-10-18-24/h1-3,5-10,13-18H,4,11-12,19-21,27H2,(H,28,29). The maximum absolute atomic E-state index is 12.7. The average molecular weight is 419 g/mol. The Kier molecular flexibility index (Phi) is 8.54. The van der Waals surface area contributed by atoms with Crippen molar-refractivity contribution in [1.29, 1.82) is 0 Å². The second-order valence-electron chi connectivity index (χ2n) is 7.27. The summed E-state index contributed by atoms with van der Waals surface area (Å²) in [6.45, 7) is 1.41. The minimum atomic E-state index is -0.458. The van der Waals surface area contributed by atoms with Crippen LogP contribution in [0.2, 0.25) is 0 Å². The third kappa shape index (κ3) is 5.53. The summed E-state index contributed by atoms with van der Waals surface area (Å²) < 4.78 is -0.458. The van der Waals surface area contributed by atoms with Crippen molar-refractivity contribution >= 4 is 17.7 Å². The Bertz CT molecular complexity index is 788. The zero-order chi connectivity index (χ0) is 21.1. The molecule has 0 saturated heterocycles. The number of carbonyl (C=O) groups is 1. The van der Waals surface area contributed by atoms with E-state index < -0.39 is 4.75 Å². The normalized spacial score (nSPS) is 11.2. The molecule has 1 amide bonds. The van der Waals surface area contributed by atoms with Crippen molar-refractivity contribution in [3.63, 3.8) is 0 Å². The van der Waals surface area contributed by atoms with Gasteiger partial charge >= 0.3 is 0 Å². The quantitative estimate of drug-likeness (QED) is 0.342. The number of nitrogens with one attached hydrogen (secondary N) is 1. The van der Waals surface area contributed by atoms with Crippen molar-refractivity contribution in [3.05, 3.63) is 108 Å². The molecule has 156 valence electrons. The fourth-order valence-corrected chi connectivity index (χ4v) is 5.03. The molecule has 3 aromatic carbocycles. The summed E-state index contributed by atoms with van der Waals surface area (Å²) in [5.41, 5.74) is 9.05. The van der Waals surface area contributed by atoms with Crippen LogP contribution in [0.5, 0.6) is 0 Å². The SMILES string of the molecule is NCCCCCNC(=O)CSC(c1ccccc1)(c1ccccc1)c1ccccc1. The van der Waals surface area contributed by atoms with Crippen LogP contribution in [0.25, 0.3) is 0 Å². The number of rotatable bonds is 11. The molecule has 0 heterocycles. The molecule has 30 heavy (non-hydrogen) atoms. The van der Waals surface area contributed by atoms with Gasteiger partial charge in [0.25, 0.3) is 0 Å². The summed E-state index contributed by atoms with van der Waals surface area (Å²) >= 11 is 1.67. The number of carbonyl (C=O) groups excluding carboxylic acids is 1. The van der Waals surface area contributed by atoms with Gasteiger partial charge in [-0.1, -0.05) is 97.4 Å². The Hall–Kier alpha value is -2.56. The van der Waals surface area contributed by atoms with E-state index in [0.29, 0.717) is 18.8 Å². The Labute approximate surface area is 184 Å². The van der Waals surface area contributed by atoms with Crippen LogP contribution in [0.15, 0.2) is 91.0 Å². The highest BCUT2D eigenvalue weighted by Gasteiger charge is 2.37. The Morgan fingerprint density at radius 1 is 0.733 bits per heavy atom. The van der Waals surface area contributed by atoms with E-state index >= 15 is 0 Å². The van der Waals surface area contributed by atoms with Crippen LogP contribution in [0, 0.1) is 0 Å². The molecule has 3 rings (SSSR count). The van der Waals surface area contributed by atoms with E-state index in [-0.39, 0.29) is 5.91 Å². The Morgan fingerprint density at radius 3 is 1.63 bits per heavy atom. The zero-order valence-corrected chi connectivity index (χ0v) is 18.1. The number of hydrogen-bond acceptors (Lipinski definition) is 3. The fraction of sp³-hybridized carbons (Fsp3) is 0.269. The first-order chi connectivity index (χ1) is 14.8. The first kappa shape index (κ1) is 22.1. The molecule has 3 N–H and O–H groups in total. The highest BCUT2D eigenvalue weighted by atomic mass is 32.2. The lowest BCUT2D eigenvalue weighted by Crippen LogP contribution is -2.31. The fourth-order valence-electron chi connectivity index (χ4n) is 3.67. The molecule has 0 aliphatic heterocycles. The third-order valence-electron chi connectivity index (χ3n) is 5.16. The summed E-state index contributed by atoms with van der Waals surface area (Å²) in [7, 11) is 0. The largest absolute Gasteiger partial charge is 0.355 e. The van der Waals surface area contributed by atoms with Gasteiger partial charge in [-0.05, 0) is 36.1 Å². The van der Waals surface area contributed by atoms with Gasteiger partial charge in [-0.25, -0.2) is 0 Å². The molecule has 0 aromatic heterocycles. The molecule has 0 spiro atoms. The maximum atomic E-state index is 12.7. The highest BCUT2D eigenvalue weighted by Crippen LogP contribution is 2.48. The van der Waals surface area contributed by atoms with Crippen molar-refractivity contribution in [3.8, 4) is 0 Å². The van der Waals surface area contributed by atoms with E-state index in [0.717, 1.165) is 19.3 Å². The van der Waals surface area contributed by atoms with Crippen molar-refractivity contribution in [2.45, 2.75) is 24.0 Å². The van der Waals surface area contributed by atoms with E-state index in [9.17, 15) is 4.79 Å². The van der Waals surface area contributed by atoms with Gasteiger partial charge in [-0.2, -0.15) is 0 Å². The molecule has 0 saturated carbocycles. The number of benzene rings is 3. The number of hydrogen-bond donors (Lipinski definition) is 2. The van der Waals surface area contributed by atoms with Crippen LogP contribution in [-0.2, 0) is 9.54 Å². The molecule has 4 heteroatoms. The van der Waals surface area contributed by atoms with Crippen LogP contribution in [-0.4, -0.2) is 24.7 Å². The monoisotopic (exact) mass is 418 g/mol. The van der Waals surface area contributed by atoms with E-state index in [1.165, 1.54) is 16.7 Å². The first-order valence-electron chi connectivity index (χ1n) is 10.5. The number of thioether (sulfide) groups is 1. The lowest BCUT2D eigenvalue weighted by Gasteiger charge is -2.35. The zero-order valence-electron chi connectivity index (χ0n) is 17.3. The van der Waals surface area contributed by atoms with Crippen molar-refractivity contribution in [2.75, 3.05) is 18.8 Å². The number of nitrogens with two attached hydrogens (primary N) is 1. The summed E-state index contributed by atoms with van der Waals surface area (Å²) in [6, 6.07) is 31.4. The van der Waals surface area contributed by atoms with Gasteiger partial charge in [-0.3, -0.25) is 4.79 Å². The van der Waals surface area contributed by atoms with E-state index in [2.05, 4.69) is 78.1 Å². The van der Waals surface area contributed by atoms with Crippen molar-refractivity contribution in [2.24, 2.45) is 5.73 Å². The molecule has 3 aromatic rings. The molecule has 0 unspecified atom stereocenters. The second-order valence-corrected chi connectivity index (χ2v) is 8.46. The Morgan fingerprint density at radius 2 is 1.20 bits per heavy atom. The third-order valence-corrected chi connectivity index (χ3v) is 6.71. The van der Waals surface area contributed by atoms with Gasteiger partial charge in [0.2, 0.25) is 5.91 Å². The Balaban J connectivity index is 1.89. The smallest absolute Gasteiger partial charge is 0.230 e. The summed E-state index contributed by atoms with van der Waals surface area (Å²) in [6.07, 6.45) is 3.02. The molecule has 3 nitrogen and oxygen atoms in total. The first-order valence-corrected chi connectivity index (χ1v) is 11.5. The van der Waals surface area contributed by atoms with Gasteiger partial charge in [0.05, 0.1) is 10.5 Å². The summed E-state index contributed by atoms with van der Waals surface area (Å²) in [5, 5.41) is 3.07. The lowest BCUT2D eigenvalue weighted by molar-refractivity contribution is -0.118. The highest BCUT2D eigenvalue weighted by molar-refractivity contribution is 8.01. The van der Waals surface area contributed by atoms with Gasteiger partial charge in [0, 0.05) is 6.54 Å². The topological polar surface area (TPSA) is 55.1 Å². The molecule has 0 bridgehead atoms. The van der Waals surface area contributed by atoms with Crippen LogP contribution < -0.4 is 11.1 Å². The number of amides is 1. The molecular formula is C26H30N2OS. The number of unbranched alkanes of at least 4 members (excludes halogenated alkanes) is 2. The minimum Gasteiger partial charge on any atom is -0.355 e. The lowest BCUT2D eigenvalue weighted by atomic mass is 9.84. The predicted octanol–water partition coefficient (Wildman–Crippen LogP) is 4.96. The van der Waals surface area contributed by atoms with Crippen molar-refractivity contribution < 1.29 is 4.79 Å². The second kappa shape index (κ2) is 11.6. The molecule has 0 radical (unpaired) electrons. The predicted molar refractivity (Wildman–Crippen MR) is 128 cm³/mol. The maximum Gasteiger partial charge on any atom is 0.230 e. The summed E-state index contributed by atoms with van der Waals surface area (Å²) in [5.74, 6) is 0.454. The van der Waals surface area contributed by atoms with Gasteiger partial charge < -0.3 is 11.1 Å².